The Kier molecular flexibility index (Phi) is 7.33. The number of methoxy groups -OCH3 is 2. The Morgan fingerprint density at radius 2 is 1.88 bits per heavy atom. The minimum Gasteiger partial charge on any atom is -0.507 e. The van der Waals surface area contributed by atoms with Gasteiger partial charge in [0.1, 0.15) is 5.76 Å². The van der Waals surface area contributed by atoms with Crippen LogP contribution in [0, 0.1) is 0 Å². The number of rotatable bonds is 8. The molecule has 0 unspecified atom stereocenters. The largest absolute Gasteiger partial charge is 0.507 e. The summed E-state index contributed by atoms with van der Waals surface area (Å²) < 4.78 is 17.4. The number of esters is 1. The summed E-state index contributed by atoms with van der Waals surface area (Å²) in [4.78, 5) is 23.8. The van der Waals surface area contributed by atoms with Gasteiger partial charge in [0.15, 0.2) is 11.5 Å². The van der Waals surface area contributed by atoms with E-state index in [0.29, 0.717) is 39.0 Å². The number of carbonyl (C=O) groups excluding carboxylic acids is 2. The molecule has 0 radical (unpaired) electrons. The predicted molar refractivity (Wildman–Crippen MR) is 123 cm³/mol. The van der Waals surface area contributed by atoms with Crippen molar-refractivity contribution in [1.29, 1.82) is 0 Å². The summed E-state index contributed by atoms with van der Waals surface area (Å²) in [6.45, 7) is 1.98. The van der Waals surface area contributed by atoms with Crippen molar-refractivity contribution < 1.29 is 28.9 Å². The van der Waals surface area contributed by atoms with E-state index in [1.54, 1.807) is 43.5 Å². The van der Waals surface area contributed by atoms with E-state index in [4.69, 9.17) is 37.4 Å². The molecule has 1 heterocycles. The van der Waals surface area contributed by atoms with Crippen LogP contribution in [0.25, 0.3) is 16.7 Å². The van der Waals surface area contributed by atoms with Crippen LogP contribution < -0.4 is 9.47 Å². The number of nitrogens with zero attached hydrogens (tertiary/aromatic N) is 1. The highest BCUT2D eigenvalue weighted by molar-refractivity contribution is 6.39. The first-order chi connectivity index (χ1) is 15.3. The molecule has 3 rings (SSSR count). The molecule has 0 saturated heterocycles. The van der Waals surface area contributed by atoms with Crippen LogP contribution in [0.4, 0.5) is 0 Å². The van der Waals surface area contributed by atoms with Gasteiger partial charge >= 0.3 is 5.97 Å². The fourth-order valence-electron chi connectivity index (χ4n) is 3.33. The number of ether oxygens (including phenoxy) is 3. The van der Waals surface area contributed by atoms with Crippen molar-refractivity contribution in [2.45, 2.75) is 13.5 Å². The highest BCUT2D eigenvalue weighted by Crippen LogP contribution is 2.40. The highest BCUT2D eigenvalue weighted by atomic mass is 35.5. The van der Waals surface area contributed by atoms with E-state index in [1.807, 2.05) is 4.57 Å². The number of hydrogen-bond acceptors (Lipinski definition) is 6. The summed E-state index contributed by atoms with van der Waals surface area (Å²) in [6, 6.07) is 8.70. The fourth-order valence-corrected chi connectivity index (χ4v) is 3.80. The summed E-state index contributed by atoms with van der Waals surface area (Å²) in [6.07, 6.45) is 2.47. The van der Waals surface area contributed by atoms with E-state index in [1.165, 1.54) is 14.2 Å². The molecule has 1 N–H and O–H groups in total. The number of aliphatic hydroxyl groups is 1. The van der Waals surface area contributed by atoms with Crippen molar-refractivity contribution in [3.05, 3.63) is 63.8 Å². The van der Waals surface area contributed by atoms with Crippen LogP contribution in [0.3, 0.4) is 0 Å². The second-order valence-electron chi connectivity index (χ2n) is 6.72. The van der Waals surface area contributed by atoms with Gasteiger partial charge in [0, 0.05) is 34.4 Å². The molecule has 168 valence electrons. The number of fused-ring (bicyclic) bond motifs is 1. The van der Waals surface area contributed by atoms with Crippen LogP contribution in [0.1, 0.15) is 18.1 Å². The van der Waals surface area contributed by atoms with E-state index in [0.717, 1.165) is 11.6 Å². The lowest BCUT2D eigenvalue weighted by Crippen LogP contribution is -2.15. The molecule has 0 fully saturated rings. The molecule has 7 nitrogen and oxygen atoms in total. The number of ketones is 1. The van der Waals surface area contributed by atoms with Crippen LogP contribution in [-0.2, 0) is 20.9 Å². The normalized spacial score (nSPS) is 11.5. The molecule has 0 saturated carbocycles. The molecule has 1 aromatic heterocycles. The Balaban J connectivity index is 2.18. The summed E-state index contributed by atoms with van der Waals surface area (Å²) >= 11 is 12.3. The number of aliphatic hydroxyl groups excluding tert-OH is 1. The second kappa shape index (κ2) is 9.97. The molecule has 9 heteroatoms. The molecule has 0 aliphatic rings. The van der Waals surface area contributed by atoms with Crippen LogP contribution in [0.5, 0.6) is 11.5 Å². The van der Waals surface area contributed by atoms with Gasteiger partial charge in [-0.1, -0.05) is 29.3 Å². The lowest BCUT2D eigenvalue weighted by molar-refractivity contribution is -0.151. The van der Waals surface area contributed by atoms with E-state index < -0.39 is 17.5 Å². The quantitative estimate of drug-likeness (QED) is 0.211. The summed E-state index contributed by atoms with van der Waals surface area (Å²) in [5.41, 5.74) is 1.76. The van der Waals surface area contributed by atoms with E-state index in [2.05, 4.69) is 0 Å². The van der Waals surface area contributed by atoms with E-state index in [9.17, 15) is 14.7 Å². The summed E-state index contributed by atoms with van der Waals surface area (Å²) in [5.74, 6) is -1.65. The molecule has 3 aromatic rings. The third kappa shape index (κ3) is 4.69. The fraction of sp³-hybridized carbons (Fsp3) is 0.217. The number of hydrogen-bond donors (Lipinski definition) is 1. The van der Waals surface area contributed by atoms with Crippen molar-refractivity contribution >= 4 is 51.6 Å². The number of benzene rings is 2. The standard InChI is InChI=1S/C23H21Cl2NO6/c1-4-32-23(29)19(28)10-18(27)15-12-26(11-13-5-6-14(24)9-16(13)25)17-7-8-20(30-2)22(31-3)21(15)17/h5-10,12,27H,4,11H2,1-3H3. The Bertz CT molecular complexity index is 1210. The van der Waals surface area contributed by atoms with Gasteiger partial charge in [-0.05, 0) is 36.8 Å². The van der Waals surface area contributed by atoms with Gasteiger partial charge in [0.25, 0.3) is 5.78 Å². The molecular weight excluding hydrogens is 457 g/mol. The zero-order chi connectivity index (χ0) is 23.4. The highest BCUT2D eigenvalue weighted by Gasteiger charge is 2.22. The third-order valence-electron chi connectivity index (χ3n) is 4.76. The Morgan fingerprint density at radius 1 is 1.12 bits per heavy atom. The van der Waals surface area contributed by atoms with Crippen LogP contribution in [-0.4, -0.2) is 42.3 Å². The Morgan fingerprint density at radius 3 is 2.50 bits per heavy atom. The van der Waals surface area contributed by atoms with E-state index >= 15 is 0 Å². The number of carbonyl (C=O) groups is 2. The monoisotopic (exact) mass is 477 g/mol. The average Bonchev–Trinajstić information content (AvgIpc) is 3.13. The third-order valence-corrected chi connectivity index (χ3v) is 5.35. The van der Waals surface area contributed by atoms with E-state index in [-0.39, 0.29) is 12.2 Å². The number of aromatic nitrogens is 1. The van der Waals surface area contributed by atoms with Crippen molar-refractivity contribution in [1.82, 2.24) is 4.57 Å². The smallest absolute Gasteiger partial charge is 0.379 e. The average molecular weight is 478 g/mol. The molecule has 0 aliphatic carbocycles. The molecule has 0 amide bonds. The minimum atomic E-state index is -1.06. The molecule has 32 heavy (non-hydrogen) atoms. The van der Waals surface area contributed by atoms with Gasteiger partial charge in [-0.3, -0.25) is 4.79 Å². The van der Waals surface area contributed by atoms with Gasteiger partial charge in [0.2, 0.25) is 0 Å². The zero-order valence-electron chi connectivity index (χ0n) is 17.6. The van der Waals surface area contributed by atoms with Crippen molar-refractivity contribution in [3.8, 4) is 11.5 Å². The zero-order valence-corrected chi connectivity index (χ0v) is 19.2. The SMILES string of the molecule is CCOC(=O)C(=O)C=C(O)c1cn(Cc2ccc(Cl)cc2Cl)c2ccc(OC)c(OC)c12. The summed E-state index contributed by atoms with van der Waals surface area (Å²) in [5, 5.41) is 12.2. The Labute approximate surface area is 194 Å². The topological polar surface area (TPSA) is 87.0 Å². The maximum Gasteiger partial charge on any atom is 0.379 e. The van der Waals surface area contributed by atoms with Crippen molar-refractivity contribution in [3.63, 3.8) is 0 Å². The maximum atomic E-state index is 12.1. The van der Waals surface area contributed by atoms with Crippen LogP contribution >= 0.6 is 23.2 Å². The van der Waals surface area contributed by atoms with Gasteiger partial charge < -0.3 is 23.9 Å². The first-order valence-corrected chi connectivity index (χ1v) is 10.4. The van der Waals surface area contributed by atoms with Crippen molar-refractivity contribution in [2.75, 3.05) is 20.8 Å². The maximum absolute atomic E-state index is 12.1. The first kappa shape index (κ1) is 23.5. The van der Waals surface area contributed by atoms with Gasteiger partial charge in [-0.25, -0.2) is 4.79 Å². The van der Waals surface area contributed by atoms with Crippen molar-refractivity contribution in [2.24, 2.45) is 0 Å². The molecule has 0 bridgehead atoms. The van der Waals surface area contributed by atoms with Crippen LogP contribution in [0.15, 0.2) is 42.6 Å². The summed E-state index contributed by atoms with van der Waals surface area (Å²) in [7, 11) is 2.97. The molecule has 2 aromatic carbocycles. The first-order valence-electron chi connectivity index (χ1n) is 9.60. The minimum absolute atomic E-state index is 0.0470. The predicted octanol–water partition coefficient (Wildman–Crippen LogP) is 5.04. The Hall–Kier alpha value is -3.16. The van der Waals surface area contributed by atoms with Gasteiger partial charge in [-0.15, -0.1) is 0 Å². The lowest BCUT2D eigenvalue weighted by Gasteiger charge is -2.11. The molecule has 0 spiro atoms. The lowest BCUT2D eigenvalue weighted by atomic mass is 10.1. The van der Waals surface area contributed by atoms with Gasteiger partial charge in [-0.2, -0.15) is 0 Å². The second-order valence-corrected chi connectivity index (χ2v) is 7.56. The number of halogens is 2. The molecule has 0 atom stereocenters. The molecule has 0 aliphatic heterocycles. The van der Waals surface area contributed by atoms with Gasteiger partial charge in [0.05, 0.1) is 31.7 Å². The molecular formula is C23H21Cl2NO6. The van der Waals surface area contributed by atoms with Crippen LogP contribution in [0.2, 0.25) is 10.0 Å².